The van der Waals surface area contributed by atoms with Gasteiger partial charge >= 0.3 is 0 Å². The van der Waals surface area contributed by atoms with Crippen molar-refractivity contribution in [1.29, 1.82) is 0 Å². The van der Waals surface area contributed by atoms with Gasteiger partial charge in [-0.15, -0.1) is 0 Å². The number of piperidine rings is 1. The van der Waals surface area contributed by atoms with Gasteiger partial charge in [-0.3, -0.25) is 0 Å². The molecule has 1 aromatic rings. The molecule has 1 aromatic carbocycles. The van der Waals surface area contributed by atoms with Crippen molar-refractivity contribution in [3.05, 3.63) is 29.3 Å². The van der Waals surface area contributed by atoms with Crippen LogP contribution in [0.25, 0.3) is 0 Å². The molecule has 29 heavy (non-hydrogen) atoms. The number of aromatic hydroxyl groups is 1. The van der Waals surface area contributed by atoms with E-state index in [1.54, 1.807) is 0 Å². The minimum absolute atomic E-state index is 0. The summed E-state index contributed by atoms with van der Waals surface area (Å²) in [7, 11) is 0. The molecule has 0 radical (unpaired) electrons. The van der Waals surface area contributed by atoms with Gasteiger partial charge in [0.25, 0.3) is 0 Å². The number of phenolic OH excluding ortho intramolecular Hbond substituents is 1. The Labute approximate surface area is 177 Å². The van der Waals surface area contributed by atoms with E-state index in [0.29, 0.717) is 29.2 Å². The lowest BCUT2D eigenvalue weighted by atomic mass is 9.53. The zero-order valence-corrected chi connectivity index (χ0v) is 16.5. The van der Waals surface area contributed by atoms with Crippen molar-refractivity contribution >= 4 is 0 Å². The van der Waals surface area contributed by atoms with Gasteiger partial charge in [0.2, 0.25) is 0 Å². The Morgan fingerprint density at radius 1 is 1.10 bits per heavy atom. The van der Waals surface area contributed by atoms with Crippen LogP contribution in [0, 0.1) is 17.3 Å². The van der Waals surface area contributed by atoms with Gasteiger partial charge in [0.1, 0.15) is 5.75 Å². The van der Waals surface area contributed by atoms with E-state index in [2.05, 4.69) is 18.3 Å². The van der Waals surface area contributed by atoms with E-state index in [4.69, 9.17) is 4.74 Å². The van der Waals surface area contributed by atoms with Gasteiger partial charge in [-0.1, -0.05) is 27.8 Å². The molecular weight excluding hydrogens is 358 g/mol. The molecule has 0 unspecified atom stereocenters. The van der Waals surface area contributed by atoms with Crippen LogP contribution in [0.5, 0.6) is 5.75 Å². The van der Waals surface area contributed by atoms with Gasteiger partial charge in [-0.25, -0.2) is 0 Å². The third-order valence-corrected chi connectivity index (χ3v) is 9.45. The number of rotatable bonds is 0. The van der Waals surface area contributed by atoms with E-state index >= 15 is 0 Å². The van der Waals surface area contributed by atoms with E-state index < -0.39 is 0 Å². The molecule has 7 atom stereocenters. The molecule has 2 N–H and O–H groups in total. The predicted molar refractivity (Wildman–Crippen MR) is 119 cm³/mol. The highest BCUT2D eigenvalue weighted by Gasteiger charge is 2.66. The van der Waals surface area contributed by atoms with Crippen molar-refractivity contribution in [3.8, 4) is 5.75 Å². The maximum absolute atomic E-state index is 9.89. The third kappa shape index (κ3) is 2.83. The van der Waals surface area contributed by atoms with Crippen LogP contribution in [0.3, 0.4) is 0 Å². The average molecular weight is 400 g/mol. The monoisotopic (exact) mass is 399 g/mol. The zero-order chi connectivity index (χ0) is 18.2. The van der Waals surface area contributed by atoms with Crippen molar-refractivity contribution in [3.63, 3.8) is 0 Å². The molecule has 0 aromatic heterocycles. The molecule has 4 fully saturated rings. The Balaban J connectivity index is 0.00000102. The first kappa shape index (κ1) is 21.2. The van der Waals surface area contributed by atoms with Crippen LogP contribution in [0.15, 0.2) is 18.2 Å². The maximum atomic E-state index is 9.89. The summed E-state index contributed by atoms with van der Waals surface area (Å²) in [4.78, 5) is 0. The summed E-state index contributed by atoms with van der Waals surface area (Å²) in [6.45, 7) is 3.76. The number of aryl methyl sites for hydroxylation is 1. The summed E-state index contributed by atoms with van der Waals surface area (Å²) in [5, 5.41) is 13.7. The molecule has 2 heterocycles. The lowest BCUT2D eigenvalue weighted by Crippen LogP contribution is -2.51. The number of hydrogen-bond donors (Lipinski definition) is 2. The molecule has 6 rings (SSSR count). The summed E-state index contributed by atoms with van der Waals surface area (Å²) in [5.41, 5.74) is 3.42. The van der Waals surface area contributed by atoms with Crippen LogP contribution in [-0.4, -0.2) is 29.4 Å². The van der Waals surface area contributed by atoms with Crippen LogP contribution in [-0.2, 0) is 11.2 Å². The molecule has 3 heteroatoms. The van der Waals surface area contributed by atoms with Crippen molar-refractivity contribution in [1.82, 2.24) is 5.32 Å². The third-order valence-electron chi connectivity index (χ3n) is 9.45. The van der Waals surface area contributed by atoms with Gasteiger partial charge in [0.15, 0.2) is 0 Å². The Bertz CT molecular complexity index is 747. The van der Waals surface area contributed by atoms with Crippen molar-refractivity contribution < 1.29 is 9.84 Å². The number of fused-ring (bicyclic) bond motifs is 7. The molecule has 2 saturated carbocycles. The summed E-state index contributed by atoms with van der Waals surface area (Å²) >= 11 is 0. The van der Waals surface area contributed by atoms with E-state index in [1.807, 2.05) is 12.1 Å². The second-order valence-electron chi connectivity index (χ2n) is 10.4. The number of phenols is 1. The minimum Gasteiger partial charge on any atom is -0.508 e. The highest BCUT2D eigenvalue weighted by molar-refractivity contribution is 5.40. The fourth-order valence-electron chi connectivity index (χ4n) is 8.15. The quantitative estimate of drug-likeness (QED) is 0.579. The molecule has 162 valence electrons. The molecule has 2 saturated heterocycles. The van der Waals surface area contributed by atoms with Crippen molar-refractivity contribution in [2.75, 3.05) is 6.54 Å². The zero-order valence-electron chi connectivity index (χ0n) is 16.5. The summed E-state index contributed by atoms with van der Waals surface area (Å²) in [5.74, 6) is 2.74. The lowest BCUT2D eigenvalue weighted by Gasteiger charge is -2.53. The molecule has 5 aliphatic rings. The van der Waals surface area contributed by atoms with Gasteiger partial charge < -0.3 is 15.2 Å². The topological polar surface area (TPSA) is 41.5 Å². The lowest BCUT2D eigenvalue weighted by molar-refractivity contribution is -0.139. The standard InChI is InChI=1S/C24H33NO2.2CH4/c1-23-10-8-18-17-7-5-16(26)13-15(17)4-6-19(18)20(23)9-11-24(23)14-21-22(27-24)3-2-12-25-21;;/h5,7,13,18-22,25-26H,2-4,6,8-12,14H2,1H3;2*1H4/t18-,19-,20+,21+,22-,23+,24-;;/m1../s1. The number of ether oxygens (including phenoxy) is 1. The first-order chi connectivity index (χ1) is 13.1. The van der Waals surface area contributed by atoms with Crippen LogP contribution >= 0.6 is 0 Å². The SMILES string of the molecule is C.C.C[C@]12CC[C@@H]3c4ccc(O)cc4CC[C@H]3[C@@H]1CC[C@@]21C[C@@H]2NCCC[C@H]2O1. The Morgan fingerprint density at radius 3 is 2.79 bits per heavy atom. The van der Waals surface area contributed by atoms with Crippen LogP contribution in [0.4, 0.5) is 0 Å². The average Bonchev–Trinajstić information content (AvgIpc) is 3.19. The molecular formula is C26H41NO2. The summed E-state index contributed by atoms with van der Waals surface area (Å²) in [6, 6.07) is 6.74. The Morgan fingerprint density at radius 2 is 1.97 bits per heavy atom. The molecule has 2 aliphatic heterocycles. The van der Waals surface area contributed by atoms with E-state index in [-0.39, 0.29) is 20.5 Å². The first-order valence-corrected chi connectivity index (χ1v) is 11.3. The summed E-state index contributed by atoms with van der Waals surface area (Å²) < 4.78 is 6.96. The molecule has 0 bridgehead atoms. The van der Waals surface area contributed by atoms with Crippen molar-refractivity contribution in [2.45, 2.75) is 103 Å². The van der Waals surface area contributed by atoms with Crippen molar-refractivity contribution in [2.24, 2.45) is 17.3 Å². The fraction of sp³-hybridized carbons (Fsp3) is 0.769. The largest absolute Gasteiger partial charge is 0.508 e. The van der Waals surface area contributed by atoms with E-state index in [1.165, 1.54) is 69.0 Å². The highest BCUT2D eigenvalue weighted by Crippen LogP contribution is 2.68. The van der Waals surface area contributed by atoms with Gasteiger partial charge in [-0.05, 0) is 111 Å². The number of nitrogens with one attached hydrogen (secondary N) is 1. The highest BCUT2D eigenvalue weighted by atomic mass is 16.5. The van der Waals surface area contributed by atoms with E-state index in [9.17, 15) is 5.11 Å². The van der Waals surface area contributed by atoms with Gasteiger partial charge in [0.05, 0.1) is 11.7 Å². The molecule has 0 amide bonds. The van der Waals surface area contributed by atoms with E-state index in [0.717, 1.165) is 18.3 Å². The minimum atomic E-state index is 0. The van der Waals surface area contributed by atoms with Crippen LogP contribution < -0.4 is 5.32 Å². The molecule has 1 spiro atoms. The summed E-state index contributed by atoms with van der Waals surface area (Å²) in [6.07, 6.45) is 11.9. The molecule has 3 nitrogen and oxygen atoms in total. The molecule has 3 aliphatic carbocycles. The second kappa shape index (κ2) is 7.27. The fourth-order valence-corrected chi connectivity index (χ4v) is 8.15. The van der Waals surface area contributed by atoms with Crippen LogP contribution in [0.2, 0.25) is 0 Å². The number of benzene rings is 1. The first-order valence-electron chi connectivity index (χ1n) is 11.3. The van der Waals surface area contributed by atoms with Crippen LogP contribution in [0.1, 0.15) is 90.2 Å². The normalized spacial score (nSPS) is 44.7. The Kier molecular flexibility index (Phi) is 5.31. The maximum Gasteiger partial charge on any atom is 0.115 e. The number of hydrogen-bond acceptors (Lipinski definition) is 3. The predicted octanol–water partition coefficient (Wildman–Crippen LogP) is 5.80. The smallest absolute Gasteiger partial charge is 0.115 e. The second-order valence-corrected chi connectivity index (χ2v) is 10.4. The Hall–Kier alpha value is -1.06. The van der Waals surface area contributed by atoms with Gasteiger partial charge in [0, 0.05) is 6.04 Å². The van der Waals surface area contributed by atoms with Gasteiger partial charge in [-0.2, -0.15) is 0 Å².